The van der Waals surface area contributed by atoms with Crippen LogP contribution < -0.4 is 9.04 Å². The van der Waals surface area contributed by atoms with E-state index in [-0.39, 0.29) is 10.5 Å². The number of aromatic carboxylic acids is 1. The van der Waals surface area contributed by atoms with E-state index in [9.17, 15) is 13.2 Å². The van der Waals surface area contributed by atoms with Crippen LogP contribution in [0, 0.1) is 6.92 Å². The van der Waals surface area contributed by atoms with Gasteiger partial charge in [0.1, 0.15) is 5.75 Å². The van der Waals surface area contributed by atoms with Crippen molar-refractivity contribution in [2.24, 2.45) is 0 Å². The molecule has 0 saturated heterocycles. The Balaban J connectivity index is 2.41. The molecule has 0 aromatic heterocycles. The Labute approximate surface area is 135 Å². The fraction of sp³-hybridized carbons (Fsp3) is 0.188. The molecule has 0 bridgehead atoms. The summed E-state index contributed by atoms with van der Waals surface area (Å²) < 4.78 is 31.5. The van der Waals surface area contributed by atoms with Crippen molar-refractivity contribution in [2.75, 3.05) is 18.5 Å². The van der Waals surface area contributed by atoms with Crippen LogP contribution in [0.5, 0.6) is 5.75 Å². The monoisotopic (exact) mass is 335 g/mol. The number of hydrogen-bond donors (Lipinski definition) is 1. The summed E-state index contributed by atoms with van der Waals surface area (Å²) in [5.41, 5.74) is 1.09. The molecule has 2 aromatic rings. The lowest BCUT2D eigenvalue weighted by Crippen LogP contribution is -2.27. The summed E-state index contributed by atoms with van der Waals surface area (Å²) in [5, 5.41) is 8.98. The van der Waals surface area contributed by atoms with Crippen LogP contribution >= 0.6 is 0 Å². The van der Waals surface area contributed by atoms with Crippen LogP contribution in [-0.4, -0.2) is 33.7 Å². The van der Waals surface area contributed by atoms with E-state index >= 15 is 0 Å². The Morgan fingerprint density at radius 2 is 1.74 bits per heavy atom. The van der Waals surface area contributed by atoms with Crippen LogP contribution in [-0.2, 0) is 10.0 Å². The van der Waals surface area contributed by atoms with Gasteiger partial charge in [0.15, 0.2) is 0 Å². The number of nitrogens with zero attached hydrogens (tertiary/aromatic N) is 1. The Kier molecular flexibility index (Phi) is 4.60. The number of carboxylic acid groups (broad SMARTS) is 1. The Hall–Kier alpha value is -2.54. The van der Waals surface area contributed by atoms with E-state index in [0.29, 0.717) is 17.0 Å². The maximum atomic E-state index is 12.7. The summed E-state index contributed by atoms with van der Waals surface area (Å²) in [5.74, 6) is -0.492. The molecule has 0 fully saturated rings. The Bertz CT molecular complexity index is 828. The topological polar surface area (TPSA) is 83.9 Å². The number of benzene rings is 2. The van der Waals surface area contributed by atoms with Crippen molar-refractivity contribution in [1.82, 2.24) is 0 Å². The first kappa shape index (κ1) is 16.8. The molecule has 0 saturated carbocycles. The highest BCUT2D eigenvalue weighted by atomic mass is 32.2. The van der Waals surface area contributed by atoms with Gasteiger partial charge < -0.3 is 9.84 Å². The predicted molar refractivity (Wildman–Crippen MR) is 86.7 cm³/mol. The van der Waals surface area contributed by atoms with E-state index in [4.69, 9.17) is 9.84 Å². The smallest absolute Gasteiger partial charge is 0.335 e. The molecule has 0 heterocycles. The molecular formula is C16H17NO5S. The second kappa shape index (κ2) is 6.29. The van der Waals surface area contributed by atoms with Crippen molar-refractivity contribution in [3.05, 3.63) is 53.6 Å². The number of ether oxygens (including phenoxy) is 1. The average Bonchev–Trinajstić information content (AvgIpc) is 2.54. The second-order valence-corrected chi connectivity index (χ2v) is 6.92. The molecule has 23 heavy (non-hydrogen) atoms. The lowest BCUT2D eigenvalue weighted by molar-refractivity contribution is 0.0697. The third kappa shape index (κ3) is 3.29. The zero-order chi connectivity index (χ0) is 17.2. The highest BCUT2D eigenvalue weighted by molar-refractivity contribution is 7.92. The van der Waals surface area contributed by atoms with E-state index in [2.05, 4.69) is 0 Å². The van der Waals surface area contributed by atoms with Crippen molar-refractivity contribution >= 4 is 21.7 Å². The van der Waals surface area contributed by atoms with E-state index in [1.165, 1.54) is 44.5 Å². The fourth-order valence-electron chi connectivity index (χ4n) is 2.18. The number of sulfonamides is 1. The molecule has 0 aliphatic rings. The summed E-state index contributed by atoms with van der Waals surface area (Å²) in [7, 11) is -0.806. The van der Waals surface area contributed by atoms with Crippen molar-refractivity contribution < 1.29 is 23.1 Å². The average molecular weight is 335 g/mol. The van der Waals surface area contributed by atoms with Crippen molar-refractivity contribution in [2.45, 2.75) is 11.8 Å². The summed E-state index contributed by atoms with van der Waals surface area (Å²) in [4.78, 5) is 11.1. The van der Waals surface area contributed by atoms with Gasteiger partial charge in [0, 0.05) is 7.05 Å². The van der Waals surface area contributed by atoms with E-state index in [0.717, 1.165) is 4.31 Å². The lowest BCUT2D eigenvalue weighted by atomic mass is 10.1. The van der Waals surface area contributed by atoms with Crippen LogP contribution in [0.4, 0.5) is 5.69 Å². The third-order valence-electron chi connectivity index (χ3n) is 3.50. The lowest BCUT2D eigenvalue weighted by Gasteiger charge is -2.21. The molecule has 2 rings (SSSR count). The van der Waals surface area contributed by atoms with Gasteiger partial charge >= 0.3 is 5.97 Å². The molecular weight excluding hydrogens is 318 g/mol. The minimum absolute atomic E-state index is 0.112. The van der Waals surface area contributed by atoms with Gasteiger partial charge in [-0.05, 0) is 55.0 Å². The molecule has 2 aromatic carbocycles. The van der Waals surface area contributed by atoms with Gasteiger partial charge in [0.05, 0.1) is 23.3 Å². The normalized spacial score (nSPS) is 11.1. The van der Waals surface area contributed by atoms with E-state index < -0.39 is 16.0 Å². The van der Waals surface area contributed by atoms with Gasteiger partial charge in [-0.15, -0.1) is 0 Å². The standard InChI is InChI=1S/C16H17NO5S/c1-11-10-12(16(18)19)4-9-15(11)17(2)23(20,21)14-7-5-13(22-3)6-8-14/h4-10H,1-3H3,(H,18,19). The largest absolute Gasteiger partial charge is 0.497 e. The zero-order valence-corrected chi connectivity index (χ0v) is 13.8. The molecule has 0 radical (unpaired) electrons. The number of carbonyl (C=O) groups is 1. The van der Waals surface area contributed by atoms with Crippen molar-refractivity contribution in [3.63, 3.8) is 0 Å². The summed E-state index contributed by atoms with van der Waals surface area (Å²) >= 11 is 0. The second-order valence-electron chi connectivity index (χ2n) is 4.95. The summed E-state index contributed by atoms with van der Waals surface area (Å²) in [6, 6.07) is 10.4. The predicted octanol–water partition coefficient (Wildman–Crippen LogP) is 2.53. The number of hydrogen-bond acceptors (Lipinski definition) is 4. The van der Waals surface area contributed by atoms with Crippen molar-refractivity contribution in [1.29, 1.82) is 0 Å². The zero-order valence-electron chi connectivity index (χ0n) is 13.0. The molecule has 122 valence electrons. The number of carboxylic acids is 1. The third-order valence-corrected chi connectivity index (χ3v) is 5.29. The number of methoxy groups -OCH3 is 1. The number of aryl methyl sites for hydroxylation is 1. The molecule has 0 aliphatic heterocycles. The summed E-state index contributed by atoms with van der Waals surface area (Å²) in [6.07, 6.45) is 0. The first-order valence-electron chi connectivity index (χ1n) is 6.74. The quantitative estimate of drug-likeness (QED) is 0.908. The molecule has 6 nitrogen and oxygen atoms in total. The number of rotatable bonds is 5. The molecule has 1 N–H and O–H groups in total. The van der Waals surface area contributed by atoms with Gasteiger partial charge in [0.2, 0.25) is 0 Å². The maximum Gasteiger partial charge on any atom is 0.335 e. The van der Waals surface area contributed by atoms with Crippen LogP contribution in [0.2, 0.25) is 0 Å². The fourth-order valence-corrected chi connectivity index (χ4v) is 3.44. The first-order valence-corrected chi connectivity index (χ1v) is 8.18. The van der Waals surface area contributed by atoms with Crippen LogP contribution in [0.1, 0.15) is 15.9 Å². The van der Waals surface area contributed by atoms with Crippen LogP contribution in [0.25, 0.3) is 0 Å². The van der Waals surface area contributed by atoms with Gasteiger partial charge in [-0.3, -0.25) is 4.31 Å². The van der Waals surface area contributed by atoms with Gasteiger partial charge in [-0.2, -0.15) is 0 Å². The van der Waals surface area contributed by atoms with Gasteiger partial charge in [0.25, 0.3) is 10.0 Å². The van der Waals surface area contributed by atoms with E-state index in [1.807, 2.05) is 0 Å². The molecule has 0 unspecified atom stereocenters. The minimum Gasteiger partial charge on any atom is -0.497 e. The SMILES string of the molecule is COc1ccc(S(=O)(=O)N(C)c2ccc(C(=O)O)cc2C)cc1. The molecule has 0 spiro atoms. The highest BCUT2D eigenvalue weighted by Gasteiger charge is 2.23. The molecule has 0 aliphatic carbocycles. The molecule has 0 atom stereocenters. The maximum absolute atomic E-state index is 12.7. The molecule has 7 heteroatoms. The Morgan fingerprint density at radius 1 is 1.13 bits per heavy atom. The first-order chi connectivity index (χ1) is 10.8. The summed E-state index contributed by atoms with van der Waals surface area (Å²) in [6.45, 7) is 1.67. The van der Waals surface area contributed by atoms with E-state index in [1.54, 1.807) is 19.1 Å². The Morgan fingerprint density at radius 3 is 2.22 bits per heavy atom. The highest BCUT2D eigenvalue weighted by Crippen LogP contribution is 2.27. The van der Waals surface area contributed by atoms with Gasteiger partial charge in [-0.1, -0.05) is 0 Å². The number of anilines is 1. The minimum atomic E-state index is -3.74. The van der Waals surface area contributed by atoms with Crippen LogP contribution in [0.15, 0.2) is 47.4 Å². The van der Waals surface area contributed by atoms with Gasteiger partial charge in [-0.25, -0.2) is 13.2 Å². The van der Waals surface area contributed by atoms with Crippen LogP contribution in [0.3, 0.4) is 0 Å². The molecule has 0 amide bonds. The van der Waals surface area contributed by atoms with Crippen molar-refractivity contribution in [3.8, 4) is 5.75 Å².